The number of unbranched alkanes of at least 4 members (excludes halogenated alkanes) is 1. The van der Waals surface area contributed by atoms with Crippen molar-refractivity contribution < 1.29 is 28.4 Å². The number of ether oxygens (including phenoxy) is 6. The minimum absolute atomic E-state index is 0.00434. The first-order valence-corrected chi connectivity index (χ1v) is 10.8. The molecule has 0 unspecified atom stereocenters. The van der Waals surface area contributed by atoms with Crippen LogP contribution >= 0.6 is 0 Å². The summed E-state index contributed by atoms with van der Waals surface area (Å²) in [7, 11) is 0. The fourth-order valence-corrected chi connectivity index (χ4v) is 3.10. The van der Waals surface area contributed by atoms with Crippen LogP contribution in [0.25, 0.3) is 0 Å². The molecule has 0 bridgehead atoms. The van der Waals surface area contributed by atoms with Gasteiger partial charge in [-0.1, -0.05) is 44.0 Å². The summed E-state index contributed by atoms with van der Waals surface area (Å²) in [5.41, 5.74) is 0. The minimum atomic E-state index is -0.00434. The fraction of sp³-hybridized carbons (Fsp3) is 0.500. The van der Waals surface area contributed by atoms with E-state index in [1.54, 1.807) is 0 Å². The highest BCUT2D eigenvalue weighted by atomic mass is 16.6. The second kappa shape index (κ2) is 13.0. The number of rotatable bonds is 3. The molecule has 0 fully saturated rings. The van der Waals surface area contributed by atoms with Gasteiger partial charge in [0.05, 0.1) is 25.9 Å². The van der Waals surface area contributed by atoms with Crippen molar-refractivity contribution in [3.63, 3.8) is 0 Å². The Morgan fingerprint density at radius 1 is 0.667 bits per heavy atom. The maximum atomic E-state index is 6.07. The molecule has 0 amide bonds. The standard InChI is InChI=1S/C24H32O6/c1-2-3-8-20-19-30-24-12-7-6-11-23(24)28-16-14-25-13-15-27-21-9-4-5-10-22(21)29-18-17-26-20/h4-7,9-12,20H,2-3,8,13-19H2,1H3/t20-/m1/s1. The Labute approximate surface area is 179 Å². The molecule has 30 heavy (non-hydrogen) atoms. The highest BCUT2D eigenvalue weighted by Gasteiger charge is 2.13. The van der Waals surface area contributed by atoms with E-state index in [-0.39, 0.29) is 6.10 Å². The molecule has 6 heteroatoms. The quantitative estimate of drug-likeness (QED) is 0.734. The van der Waals surface area contributed by atoms with Gasteiger partial charge in [-0.15, -0.1) is 0 Å². The molecule has 1 aliphatic rings. The lowest BCUT2D eigenvalue weighted by atomic mass is 10.2. The summed E-state index contributed by atoms with van der Waals surface area (Å²) in [5.74, 6) is 2.85. The molecule has 0 aromatic heterocycles. The number of hydrogen-bond donors (Lipinski definition) is 0. The molecule has 1 heterocycles. The summed E-state index contributed by atoms with van der Waals surface area (Å²) >= 11 is 0. The third-order valence-corrected chi connectivity index (χ3v) is 4.67. The number of benzene rings is 2. The van der Waals surface area contributed by atoms with E-state index in [1.807, 2.05) is 48.5 Å². The fourth-order valence-electron chi connectivity index (χ4n) is 3.10. The van der Waals surface area contributed by atoms with Crippen LogP contribution in [0, 0.1) is 0 Å². The van der Waals surface area contributed by atoms with Gasteiger partial charge in [0.25, 0.3) is 0 Å². The minimum Gasteiger partial charge on any atom is -0.487 e. The summed E-state index contributed by atoms with van der Waals surface area (Å²) < 4.78 is 35.3. The van der Waals surface area contributed by atoms with E-state index in [9.17, 15) is 0 Å². The smallest absolute Gasteiger partial charge is 0.161 e. The lowest BCUT2D eigenvalue weighted by molar-refractivity contribution is -0.000603. The third-order valence-electron chi connectivity index (χ3n) is 4.67. The monoisotopic (exact) mass is 416 g/mol. The number of para-hydroxylation sites is 4. The lowest BCUT2D eigenvalue weighted by Gasteiger charge is -2.20. The first kappa shape index (κ1) is 22.2. The summed E-state index contributed by atoms with van der Waals surface area (Å²) in [6.45, 7) is 5.39. The van der Waals surface area contributed by atoms with Gasteiger partial charge < -0.3 is 28.4 Å². The molecule has 6 nitrogen and oxygen atoms in total. The molecule has 1 atom stereocenters. The molecule has 0 saturated heterocycles. The van der Waals surface area contributed by atoms with Crippen LogP contribution < -0.4 is 18.9 Å². The van der Waals surface area contributed by atoms with Crippen molar-refractivity contribution in [2.45, 2.75) is 32.3 Å². The number of hydrogen-bond acceptors (Lipinski definition) is 6. The maximum Gasteiger partial charge on any atom is 0.161 e. The zero-order valence-electron chi connectivity index (χ0n) is 17.7. The van der Waals surface area contributed by atoms with Crippen LogP contribution in [0.15, 0.2) is 48.5 Å². The van der Waals surface area contributed by atoms with Gasteiger partial charge in [0.2, 0.25) is 0 Å². The Balaban J connectivity index is 1.64. The van der Waals surface area contributed by atoms with Gasteiger partial charge in [-0.05, 0) is 30.7 Å². The molecule has 1 aliphatic heterocycles. The predicted molar refractivity (Wildman–Crippen MR) is 115 cm³/mol. The third kappa shape index (κ3) is 7.43. The van der Waals surface area contributed by atoms with Gasteiger partial charge >= 0.3 is 0 Å². The van der Waals surface area contributed by atoms with E-state index in [0.717, 1.165) is 25.0 Å². The Morgan fingerprint density at radius 3 is 1.70 bits per heavy atom. The summed E-state index contributed by atoms with van der Waals surface area (Å²) in [6, 6.07) is 15.3. The molecule has 164 valence electrons. The van der Waals surface area contributed by atoms with Gasteiger partial charge in [0.15, 0.2) is 23.0 Å². The summed E-state index contributed by atoms with van der Waals surface area (Å²) in [6.07, 6.45) is 3.13. The predicted octanol–water partition coefficient (Wildman–Crippen LogP) is 4.51. The molecule has 3 rings (SSSR count). The average Bonchev–Trinajstić information content (AvgIpc) is 2.78. The largest absolute Gasteiger partial charge is 0.487 e. The van der Waals surface area contributed by atoms with Crippen molar-refractivity contribution in [1.29, 1.82) is 0 Å². The second-order valence-corrected chi connectivity index (χ2v) is 7.00. The maximum absolute atomic E-state index is 6.07. The molecular formula is C24H32O6. The van der Waals surface area contributed by atoms with Crippen molar-refractivity contribution in [3.8, 4) is 23.0 Å². The van der Waals surface area contributed by atoms with Crippen molar-refractivity contribution >= 4 is 0 Å². The van der Waals surface area contributed by atoms with E-state index < -0.39 is 0 Å². The van der Waals surface area contributed by atoms with Gasteiger partial charge in [0.1, 0.15) is 26.4 Å². The van der Waals surface area contributed by atoms with E-state index >= 15 is 0 Å². The average molecular weight is 417 g/mol. The van der Waals surface area contributed by atoms with Crippen LogP contribution in [0.1, 0.15) is 26.2 Å². The second-order valence-electron chi connectivity index (χ2n) is 7.00. The summed E-state index contributed by atoms with van der Waals surface area (Å²) in [5, 5.41) is 0. The van der Waals surface area contributed by atoms with Crippen LogP contribution in [0.3, 0.4) is 0 Å². The first-order chi connectivity index (χ1) is 14.9. The molecule has 0 aliphatic carbocycles. The molecule has 0 radical (unpaired) electrons. The van der Waals surface area contributed by atoms with Gasteiger partial charge in [0, 0.05) is 0 Å². The molecule has 2 aromatic carbocycles. The topological polar surface area (TPSA) is 55.4 Å². The molecule has 0 saturated carbocycles. The zero-order chi connectivity index (χ0) is 20.9. The highest BCUT2D eigenvalue weighted by Crippen LogP contribution is 2.28. The van der Waals surface area contributed by atoms with Crippen molar-refractivity contribution in [1.82, 2.24) is 0 Å². The van der Waals surface area contributed by atoms with Crippen LogP contribution in [-0.4, -0.2) is 52.4 Å². The summed E-state index contributed by atoms with van der Waals surface area (Å²) in [4.78, 5) is 0. The SMILES string of the molecule is CCCC[C@@H]1COc2ccccc2OCCOCCOc2ccccc2OCCO1. The molecular weight excluding hydrogens is 384 g/mol. The van der Waals surface area contributed by atoms with Crippen LogP contribution in [0.2, 0.25) is 0 Å². The van der Waals surface area contributed by atoms with Gasteiger partial charge in [-0.2, -0.15) is 0 Å². The van der Waals surface area contributed by atoms with Gasteiger partial charge in [-0.3, -0.25) is 0 Å². The van der Waals surface area contributed by atoms with Crippen LogP contribution in [0.4, 0.5) is 0 Å². The van der Waals surface area contributed by atoms with Crippen molar-refractivity contribution in [3.05, 3.63) is 48.5 Å². The Kier molecular flexibility index (Phi) is 9.63. The molecule has 2 aromatic rings. The van der Waals surface area contributed by atoms with Crippen molar-refractivity contribution in [2.24, 2.45) is 0 Å². The van der Waals surface area contributed by atoms with E-state index in [1.165, 1.54) is 0 Å². The molecule has 0 N–H and O–H groups in total. The Morgan fingerprint density at radius 2 is 1.17 bits per heavy atom. The first-order valence-electron chi connectivity index (χ1n) is 10.8. The van der Waals surface area contributed by atoms with E-state index in [0.29, 0.717) is 63.5 Å². The van der Waals surface area contributed by atoms with Gasteiger partial charge in [-0.25, -0.2) is 0 Å². The van der Waals surface area contributed by atoms with E-state index in [2.05, 4.69) is 6.92 Å². The normalized spacial score (nSPS) is 18.8. The Hall–Kier alpha value is -2.44. The van der Waals surface area contributed by atoms with Crippen molar-refractivity contribution in [2.75, 3.05) is 46.2 Å². The van der Waals surface area contributed by atoms with E-state index in [4.69, 9.17) is 28.4 Å². The Bertz CT molecular complexity index is 735. The highest BCUT2D eigenvalue weighted by molar-refractivity contribution is 5.40. The van der Waals surface area contributed by atoms with Crippen LogP contribution in [-0.2, 0) is 9.47 Å². The van der Waals surface area contributed by atoms with Crippen LogP contribution in [0.5, 0.6) is 23.0 Å². The zero-order valence-corrected chi connectivity index (χ0v) is 17.7. The molecule has 0 spiro atoms. The lowest BCUT2D eigenvalue weighted by Crippen LogP contribution is -2.24. The number of fused-ring (bicyclic) bond motifs is 2.